The lowest BCUT2D eigenvalue weighted by Crippen LogP contribution is -2.38. The van der Waals surface area contributed by atoms with E-state index >= 15 is 0 Å². The minimum Gasteiger partial charge on any atom is -0.374 e. The van der Waals surface area contributed by atoms with Gasteiger partial charge >= 0.3 is 0 Å². The van der Waals surface area contributed by atoms with Crippen molar-refractivity contribution in [2.75, 3.05) is 20.1 Å². The van der Waals surface area contributed by atoms with Gasteiger partial charge in [0.15, 0.2) is 0 Å². The second-order valence-corrected chi connectivity index (χ2v) is 4.68. The molecule has 0 saturated carbocycles. The monoisotopic (exact) mass is 228 g/mol. The normalized spacial score (nSPS) is 34.0. The Labute approximate surface area is 98.1 Å². The van der Waals surface area contributed by atoms with Gasteiger partial charge in [0.1, 0.15) is 0 Å². The van der Waals surface area contributed by atoms with Crippen LogP contribution in [0.2, 0.25) is 0 Å². The fourth-order valence-corrected chi connectivity index (χ4v) is 2.31. The van der Waals surface area contributed by atoms with Crippen LogP contribution in [0.3, 0.4) is 0 Å². The Bertz CT molecular complexity index is 233. The number of hydrogen-bond acceptors (Lipinski definition) is 3. The van der Waals surface area contributed by atoms with Crippen molar-refractivity contribution in [3.8, 4) is 0 Å². The van der Waals surface area contributed by atoms with Crippen molar-refractivity contribution in [1.29, 1.82) is 0 Å². The first-order valence-corrected chi connectivity index (χ1v) is 6.15. The summed E-state index contributed by atoms with van der Waals surface area (Å²) in [5.74, 6) is 0.448. The first-order valence-electron chi connectivity index (χ1n) is 6.15. The highest BCUT2D eigenvalue weighted by Gasteiger charge is 2.41. The van der Waals surface area contributed by atoms with Gasteiger partial charge in [0.05, 0.1) is 18.1 Å². The molecule has 4 atom stereocenters. The molecule has 1 aliphatic rings. The molecule has 4 heteroatoms. The van der Waals surface area contributed by atoms with Crippen LogP contribution in [0.25, 0.3) is 0 Å². The molecule has 0 aromatic heterocycles. The van der Waals surface area contributed by atoms with Crippen LogP contribution in [0.15, 0.2) is 0 Å². The molecule has 0 aromatic rings. The number of carbonyl (C=O) groups is 1. The fourth-order valence-electron chi connectivity index (χ4n) is 2.31. The Morgan fingerprint density at radius 1 is 1.19 bits per heavy atom. The van der Waals surface area contributed by atoms with Crippen LogP contribution in [-0.4, -0.2) is 38.3 Å². The van der Waals surface area contributed by atoms with Gasteiger partial charge in [-0.25, -0.2) is 0 Å². The number of carbonyl (C=O) groups excluding carboxylic acids is 1. The Kier molecular flexibility index (Phi) is 5.22. The van der Waals surface area contributed by atoms with Crippen LogP contribution in [0.4, 0.5) is 0 Å². The standard InChI is InChI=1S/C12H24N2O2/c1-8-9(2)16-10(3)11(8)12(15)14-7-5-6-13-4/h8-11,13H,5-7H2,1-4H3,(H,14,15). The maximum Gasteiger partial charge on any atom is 0.226 e. The molecule has 94 valence electrons. The van der Waals surface area contributed by atoms with Gasteiger partial charge in [-0.2, -0.15) is 0 Å². The zero-order valence-corrected chi connectivity index (χ0v) is 10.7. The minimum atomic E-state index is 0.00425. The van der Waals surface area contributed by atoms with Gasteiger partial charge in [0.2, 0.25) is 5.91 Å². The third kappa shape index (κ3) is 3.19. The second kappa shape index (κ2) is 6.21. The Morgan fingerprint density at radius 3 is 2.38 bits per heavy atom. The fraction of sp³-hybridized carbons (Fsp3) is 0.917. The molecule has 0 bridgehead atoms. The van der Waals surface area contributed by atoms with Crippen molar-refractivity contribution >= 4 is 5.91 Å². The highest BCUT2D eigenvalue weighted by Crippen LogP contribution is 2.32. The summed E-state index contributed by atoms with van der Waals surface area (Å²) in [6, 6.07) is 0. The SMILES string of the molecule is CNCCCNC(=O)C1C(C)OC(C)C1C. The first-order chi connectivity index (χ1) is 7.57. The van der Waals surface area contributed by atoms with E-state index in [1.165, 1.54) is 0 Å². The van der Waals surface area contributed by atoms with Gasteiger partial charge < -0.3 is 15.4 Å². The highest BCUT2D eigenvalue weighted by molar-refractivity contribution is 5.79. The van der Waals surface area contributed by atoms with Gasteiger partial charge in [-0.15, -0.1) is 0 Å². The predicted molar refractivity (Wildman–Crippen MR) is 64.2 cm³/mol. The topological polar surface area (TPSA) is 50.4 Å². The number of ether oxygens (including phenoxy) is 1. The van der Waals surface area contributed by atoms with E-state index in [9.17, 15) is 4.79 Å². The van der Waals surface area contributed by atoms with Crippen LogP contribution in [0, 0.1) is 11.8 Å². The van der Waals surface area contributed by atoms with Gasteiger partial charge in [-0.05, 0) is 39.8 Å². The first kappa shape index (κ1) is 13.5. The average Bonchev–Trinajstić information content (AvgIpc) is 2.48. The van der Waals surface area contributed by atoms with Crippen molar-refractivity contribution in [2.45, 2.75) is 39.4 Å². The third-order valence-electron chi connectivity index (χ3n) is 3.45. The second-order valence-electron chi connectivity index (χ2n) is 4.68. The molecule has 16 heavy (non-hydrogen) atoms. The smallest absolute Gasteiger partial charge is 0.226 e. The summed E-state index contributed by atoms with van der Waals surface area (Å²) in [5, 5.41) is 6.04. The van der Waals surface area contributed by atoms with E-state index < -0.39 is 0 Å². The van der Waals surface area contributed by atoms with E-state index in [-0.39, 0.29) is 24.0 Å². The zero-order valence-electron chi connectivity index (χ0n) is 10.7. The lowest BCUT2D eigenvalue weighted by atomic mass is 9.89. The summed E-state index contributed by atoms with van der Waals surface area (Å²) in [7, 11) is 1.92. The summed E-state index contributed by atoms with van der Waals surface area (Å²) in [6.45, 7) is 7.78. The molecule has 1 rings (SSSR count). The van der Waals surface area contributed by atoms with Crippen molar-refractivity contribution in [3.63, 3.8) is 0 Å². The molecule has 2 N–H and O–H groups in total. The van der Waals surface area contributed by atoms with Crippen LogP contribution in [0.5, 0.6) is 0 Å². The van der Waals surface area contributed by atoms with Crippen LogP contribution in [-0.2, 0) is 9.53 Å². The van der Waals surface area contributed by atoms with E-state index in [4.69, 9.17) is 4.74 Å². The van der Waals surface area contributed by atoms with E-state index in [0.29, 0.717) is 5.92 Å². The molecular weight excluding hydrogens is 204 g/mol. The number of amides is 1. The molecule has 1 amide bonds. The summed E-state index contributed by atoms with van der Waals surface area (Å²) < 4.78 is 5.66. The summed E-state index contributed by atoms with van der Waals surface area (Å²) in [6.07, 6.45) is 1.19. The van der Waals surface area contributed by atoms with Gasteiger partial charge in [0.25, 0.3) is 0 Å². The van der Waals surface area contributed by atoms with Crippen LogP contribution >= 0.6 is 0 Å². The number of hydrogen-bond donors (Lipinski definition) is 2. The van der Waals surface area contributed by atoms with Gasteiger partial charge in [-0.1, -0.05) is 6.92 Å². The van der Waals surface area contributed by atoms with Gasteiger partial charge in [-0.3, -0.25) is 4.79 Å². The van der Waals surface area contributed by atoms with Crippen LogP contribution in [0.1, 0.15) is 27.2 Å². The maximum atomic E-state index is 12.0. The van der Waals surface area contributed by atoms with Crippen LogP contribution < -0.4 is 10.6 Å². The van der Waals surface area contributed by atoms with Crippen molar-refractivity contribution in [2.24, 2.45) is 11.8 Å². The van der Waals surface area contributed by atoms with Crippen molar-refractivity contribution in [1.82, 2.24) is 10.6 Å². The molecule has 4 nitrogen and oxygen atoms in total. The Balaban J connectivity index is 2.35. The summed E-state index contributed by atoms with van der Waals surface area (Å²) >= 11 is 0. The summed E-state index contributed by atoms with van der Waals surface area (Å²) in [5.41, 5.74) is 0. The molecule has 1 saturated heterocycles. The van der Waals surface area contributed by atoms with Crippen molar-refractivity contribution < 1.29 is 9.53 Å². The molecule has 1 heterocycles. The molecule has 0 radical (unpaired) electrons. The lowest BCUT2D eigenvalue weighted by Gasteiger charge is -2.17. The zero-order chi connectivity index (χ0) is 12.1. The molecular formula is C12H24N2O2. The molecule has 0 spiro atoms. The van der Waals surface area contributed by atoms with E-state index in [1.54, 1.807) is 0 Å². The molecule has 0 aromatic carbocycles. The number of nitrogens with one attached hydrogen (secondary N) is 2. The van der Waals surface area contributed by atoms with E-state index in [1.807, 2.05) is 20.9 Å². The lowest BCUT2D eigenvalue weighted by molar-refractivity contribution is -0.127. The number of rotatable bonds is 5. The largest absolute Gasteiger partial charge is 0.374 e. The Hall–Kier alpha value is -0.610. The predicted octanol–water partition coefficient (Wildman–Crippen LogP) is 0.772. The highest BCUT2D eigenvalue weighted by atomic mass is 16.5. The van der Waals surface area contributed by atoms with E-state index in [0.717, 1.165) is 19.5 Å². The van der Waals surface area contributed by atoms with Crippen molar-refractivity contribution in [3.05, 3.63) is 0 Å². The Morgan fingerprint density at radius 2 is 1.88 bits per heavy atom. The van der Waals surface area contributed by atoms with Gasteiger partial charge in [0, 0.05) is 6.54 Å². The molecule has 0 aliphatic carbocycles. The quantitative estimate of drug-likeness (QED) is 0.683. The molecule has 4 unspecified atom stereocenters. The molecule has 1 aliphatic heterocycles. The third-order valence-corrected chi connectivity index (χ3v) is 3.45. The minimum absolute atomic E-state index is 0.00425. The summed E-state index contributed by atoms with van der Waals surface area (Å²) in [4.78, 5) is 12.0. The molecule has 1 fully saturated rings. The maximum absolute atomic E-state index is 12.0. The van der Waals surface area contributed by atoms with E-state index in [2.05, 4.69) is 17.6 Å². The average molecular weight is 228 g/mol.